The largest absolute Gasteiger partial charge is 0.492 e. The van der Waals surface area contributed by atoms with Crippen LogP contribution in [0.1, 0.15) is 37.9 Å². The van der Waals surface area contributed by atoms with Gasteiger partial charge in [-0.3, -0.25) is 0 Å². The van der Waals surface area contributed by atoms with E-state index in [-0.39, 0.29) is 0 Å². The minimum Gasteiger partial charge on any atom is -0.492 e. The summed E-state index contributed by atoms with van der Waals surface area (Å²) in [5.74, 6) is 2.50. The standard InChI is InChI=1S/C22H26N4O/c1-5-27-20-13-9-8-12-19(20)25-22-23-16(4)14-21(26-22)24-18-11-7-6-10-17(18)15(2)3/h6-15H,5H2,1-4H3,(H2,23,24,25,26). The summed E-state index contributed by atoms with van der Waals surface area (Å²) < 4.78 is 5.67. The summed E-state index contributed by atoms with van der Waals surface area (Å²) in [7, 11) is 0. The Morgan fingerprint density at radius 2 is 1.63 bits per heavy atom. The average Bonchev–Trinajstić information content (AvgIpc) is 2.63. The molecule has 0 atom stereocenters. The molecular formula is C22H26N4O. The van der Waals surface area contributed by atoms with Crippen LogP contribution in [0, 0.1) is 6.92 Å². The number of benzene rings is 2. The van der Waals surface area contributed by atoms with Crippen molar-refractivity contribution in [3.05, 3.63) is 65.9 Å². The maximum atomic E-state index is 5.67. The Labute approximate surface area is 160 Å². The van der Waals surface area contributed by atoms with E-state index in [1.165, 1.54) is 5.56 Å². The molecule has 0 spiro atoms. The number of hydrogen-bond acceptors (Lipinski definition) is 5. The summed E-state index contributed by atoms with van der Waals surface area (Å²) in [6.07, 6.45) is 0. The lowest BCUT2D eigenvalue weighted by Crippen LogP contribution is -2.05. The predicted octanol–water partition coefficient (Wildman–Crippen LogP) is 5.79. The van der Waals surface area contributed by atoms with E-state index in [2.05, 4.69) is 52.6 Å². The van der Waals surface area contributed by atoms with Crippen LogP contribution in [-0.2, 0) is 0 Å². The van der Waals surface area contributed by atoms with Gasteiger partial charge in [0.05, 0.1) is 12.3 Å². The van der Waals surface area contributed by atoms with Gasteiger partial charge in [0.1, 0.15) is 11.6 Å². The Morgan fingerprint density at radius 1 is 0.926 bits per heavy atom. The van der Waals surface area contributed by atoms with Crippen LogP contribution in [0.15, 0.2) is 54.6 Å². The first kappa shape index (κ1) is 18.7. The number of aromatic nitrogens is 2. The third-order valence-electron chi connectivity index (χ3n) is 4.13. The summed E-state index contributed by atoms with van der Waals surface area (Å²) in [6, 6.07) is 18.0. The van der Waals surface area contributed by atoms with Gasteiger partial charge in [0.2, 0.25) is 5.95 Å². The lowest BCUT2D eigenvalue weighted by Gasteiger charge is -2.15. The van der Waals surface area contributed by atoms with Gasteiger partial charge in [-0.15, -0.1) is 0 Å². The van der Waals surface area contributed by atoms with Gasteiger partial charge in [0.15, 0.2) is 0 Å². The van der Waals surface area contributed by atoms with Gasteiger partial charge in [-0.1, -0.05) is 44.2 Å². The molecule has 0 saturated heterocycles. The quantitative estimate of drug-likeness (QED) is 0.557. The summed E-state index contributed by atoms with van der Waals surface area (Å²) in [4.78, 5) is 9.15. The van der Waals surface area contributed by atoms with Crippen LogP contribution < -0.4 is 15.4 Å². The molecule has 0 unspecified atom stereocenters. The van der Waals surface area contributed by atoms with Crippen LogP contribution in [-0.4, -0.2) is 16.6 Å². The zero-order valence-electron chi connectivity index (χ0n) is 16.3. The van der Waals surface area contributed by atoms with Crippen LogP contribution in [0.3, 0.4) is 0 Å². The molecule has 2 N–H and O–H groups in total. The van der Waals surface area contributed by atoms with Gasteiger partial charge >= 0.3 is 0 Å². The third-order valence-corrected chi connectivity index (χ3v) is 4.13. The highest BCUT2D eigenvalue weighted by molar-refractivity contribution is 5.65. The molecule has 5 heteroatoms. The maximum Gasteiger partial charge on any atom is 0.229 e. The average molecular weight is 362 g/mol. The van der Waals surface area contributed by atoms with Crippen molar-refractivity contribution in [2.24, 2.45) is 0 Å². The molecule has 3 aromatic rings. The van der Waals surface area contributed by atoms with Gasteiger partial charge < -0.3 is 15.4 Å². The van der Waals surface area contributed by atoms with E-state index in [9.17, 15) is 0 Å². The Bertz CT molecular complexity index is 908. The van der Waals surface area contributed by atoms with Crippen LogP contribution in [0.4, 0.5) is 23.1 Å². The molecule has 3 rings (SSSR count). The third kappa shape index (κ3) is 4.76. The molecule has 27 heavy (non-hydrogen) atoms. The maximum absolute atomic E-state index is 5.67. The number of nitrogens with one attached hydrogen (secondary N) is 2. The number of para-hydroxylation sites is 3. The van der Waals surface area contributed by atoms with E-state index in [4.69, 9.17) is 4.74 Å². The van der Waals surface area contributed by atoms with Gasteiger partial charge in [-0.2, -0.15) is 4.98 Å². The SMILES string of the molecule is CCOc1ccccc1Nc1nc(C)cc(Nc2ccccc2C(C)C)n1. The van der Waals surface area contributed by atoms with Crippen molar-refractivity contribution in [3.63, 3.8) is 0 Å². The fraction of sp³-hybridized carbons (Fsp3) is 0.273. The number of anilines is 4. The molecular weight excluding hydrogens is 336 g/mol. The molecule has 1 heterocycles. The number of hydrogen-bond donors (Lipinski definition) is 2. The predicted molar refractivity (Wildman–Crippen MR) is 111 cm³/mol. The molecule has 140 valence electrons. The minimum absolute atomic E-state index is 0.423. The first-order chi connectivity index (χ1) is 13.1. The summed E-state index contributed by atoms with van der Waals surface area (Å²) in [5, 5.41) is 6.71. The first-order valence-electron chi connectivity index (χ1n) is 9.27. The summed E-state index contributed by atoms with van der Waals surface area (Å²) in [5.41, 5.74) is 4.04. The van der Waals surface area contributed by atoms with Crippen molar-refractivity contribution in [2.75, 3.05) is 17.2 Å². The minimum atomic E-state index is 0.423. The van der Waals surface area contributed by atoms with Crippen molar-refractivity contribution in [3.8, 4) is 5.75 Å². The topological polar surface area (TPSA) is 59.1 Å². The Balaban J connectivity index is 1.88. The molecule has 0 fully saturated rings. The summed E-state index contributed by atoms with van der Waals surface area (Å²) in [6.45, 7) is 8.90. The second-order valence-corrected chi connectivity index (χ2v) is 6.64. The van der Waals surface area contributed by atoms with E-state index >= 15 is 0 Å². The van der Waals surface area contributed by atoms with Crippen LogP contribution in [0.25, 0.3) is 0 Å². The molecule has 5 nitrogen and oxygen atoms in total. The van der Waals surface area contributed by atoms with E-state index in [0.717, 1.165) is 28.6 Å². The molecule has 2 aromatic carbocycles. The number of nitrogens with zero attached hydrogens (tertiary/aromatic N) is 2. The molecule has 0 aliphatic heterocycles. The fourth-order valence-electron chi connectivity index (χ4n) is 2.91. The molecule has 0 amide bonds. The first-order valence-corrected chi connectivity index (χ1v) is 9.27. The zero-order valence-corrected chi connectivity index (χ0v) is 16.3. The van der Waals surface area contributed by atoms with E-state index < -0.39 is 0 Å². The van der Waals surface area contributed by atoms with E-state index in [1.54, 1.807) is 0 Å². The van der Waals surface area contributed by atoms with Crippen molar-refractivity contribution >= 4 is 23.1 Å². The Kier molecular flexibility index (Phi) is 5.91. The highest BCUT2D eigenvalue weighted by atomic mass is 16.5. The molecule has 0 aliphatic carbocycles. The van der Waals surface area contributed by atoms with Gasteiger partial charge in [-0.05, 0) is 43.5 Å². The lowest BCUT2D eigenvalue weighted by molar-refractivity contribution is 0.342. The van der Waals surface area contributed by atoms with Crippen LogP contribution in [0.5, 0.6) is 5.75 Å². The van der Waals surface area contributed by atoms with E-state index in [0.29, 0.717) is 18.5 Å². The monoisotopic (exact) mass is 362 g/mol. The fourth-order valence-corrected chi connectivity index (χ4v) is 2.91. The molecule has 0 aliphatic rings. The molecule has 0 bridgehead atoms. The van der Waals surface area contributed by atoms with Gasteiger partial charge in [-0.25, -0.2) is 4.98 Å². The smallest absolute Gasteiger partial charge is 0.229 e. The van der Waals surface area contributed by atoms with Crippen molar-refractivity contribution in [1.29, 1.82) is 0 Å². The van der Waals surface area contributed by atoms with Crippen molar-refractivity contribution < 1.29 is 4.74 Å². The Morgan fingerprint density at radius 3 is 2.37 bits per heavy atom. The van der Waals surface area contributed by atoms with Crippen molar-refractivity contribution in [1.82, 2.24) is 9.97 Å². The highest BCUT2D eigenvalue weighted by Crippen LogP contribution is 2.29. The number of ether oxygens (including phenoxy) is 1. The number of rotatable bonds is 7. The molecule has 0 saturated carbocycles. The van der Waals surface area contributed by atoms with Gasteiger partial charge in [0.25, 0.3) is 0 Å². The van der Waals surface area contributed by atoms with Crippen molar-refractivity contribution in [2.45, 2.75) is 33.6 Å². The summed E-state index contributed by atoms with van der Waals surface area (Å²) >= 11 is 0. The second-order valence-electron chi connectivity index (χ2n) is 6.64. The highest BCUT2D eigenvalue weighted by Gasteiger charge is 2.10. The normalized spacial score (nSPS) is 10.7. The lowest BCUT2D eigenvalue weighted by atomic mass is 10.0. The molecule has 0 radical (unpaired) electrons. The zero-order chi connectivity index (χ0) is 19.2. The van der Waals surface area contributed by atoms with Crippen LogP contribution >= 0.6 is 0 Å². The Hall–Kier alpha value is -3.08. The van der Waals surface area contributed by atoms with Crippen LogP contribution in [0.2, 0.25) is 0 Å². The molecule has 1 aromatic heterocycles. The second kappa shape index (κ2) is 8.54. The number of aryl methyl sites for hydroxylation is 1. The van der Waals surface area contributed by atoms with Gasteiger partial charge in [0, 0.05) is 17.4 Å². The van der Waals surface area contributed by atoms with E-state index in [1.807, 2.05) is 50.2 Å².